The van der Waals surface area contributed by atoms with Crippen molar-refractivity contribution >= 4 is 17.7 Å². The molecule has 0 spiro atoms. The minimum atomic E-state index is -1.01. The fraction of sp³-hybridized carbons (Fsp3) is 0.842. The van der Waals surface area contributed by atoms with Crippen molar-refractivity contribution in [1.29, 1.82) is 0 Å². The molecule has 2 N–H and O–H groups in total. The van der Waals surface area contributed by atoms with Crippen molar-refractivity contribution in [3.8, 4) is 0 Å². The van der Waals surface area contributed by atoms with Gasteiger partial charge in [-0.15, -0.1) is 0 Å². The second kappa shape index (κ2) is 8.99. The van der Waals surface area contributed by atoms with Crippen molar-refractivity contribution in [3.05, 3.63) is 0 Å². The molecule has 3 atom stereocenters. The van der Waals surface area contributed by atoms with E-state index in [0.29, 0.717) is 13.0 Å². The Labute approximate surface area is 161 Å². The number of alkyl halides is 1. The molecule has 27 heavy (non-hydrogen) atoms. The van der Waals surface area contributed by atoms with Gasteiger partial charge in [-0.2, -0.15) is 0 Å². The predicted molar refractivity (Wildman–Crippen MR) is 100 cm³/mol. The van der Waals surface area contributed by atoms with Gasteiger partial charge in [0.2, 0.25) is 17.7 Å². The van der Waals surface area contributed by atoms with Gasteiger partial charge >= 0.3 is 0 Å². The third-order valence-corrected chi connectivity index (χ3v) is 6.13. The normalized spacial score (nSPS) is 27.8. The maximum atomic E-state index is 13.5. The highest BCUT2D eigenvalue weighted by Gasteiger charge is 2.42. The van der Waals surface area contributed by atoms with E-state index < -0.39 is 18.1 Å². The number of carbonyl (C=O) groups is 3. The SMILES string of the molecule is CC(=O)N(C)C1CCC([C@H](C(=O)N(C)C)C(N)C(=O)N2CC[C@H](F)C2)CC1. The molecule has 1 saturated carbocycles. The molecule has 154 valence electrons. The van der Waals surface area contributed by atoms with Crippen LogP contribution in [0.3, 0.4) is 0 Å². The summed E-state index contributed by atoms with van der Waals surface area (Å²) < 4.78 is 13.5. The van der Waals surface area contributed by atoms with E-state index in [-0.39, 0.29) is 36.2 Å². The van der Waals surface area contributed by atoms with Crippen LogP contribution in [0.1, 0.15) is 39.0 Å². The van der Waals surface area contributed by atoms with Crippen LogP contribution in [-0.2, 0) is 14.4 Å². The van der Waals surface area contributed by atoms with Gasteiger partial charge in [0, 0.05) is 40.7 Å². The van der Waals surface area contributed by atoms with Crippen molar-refractivity contribution in [2.45, 2.75) is 57.3 Å². The van der Waals surface area contributed by atoms with Gasteiger partial charge in [0.05, 0.1) is 18.5 Å². The Kier molecular flexibility index (Phi) is 7.19. The van der Waals surface area contributed by atoms with E-state index in [4.69, 9.17) is 5.73 Å². The maximum absolute atomic E-state index is 13.5. The summed E-state index contributed by atoms with van der Waals surface area (Å²) >= 11 is 0. The largest absolute Gasteiger partial charge is 0.349 e. The molecule has 2 aliphatic rings. The molecule has 0 aromatic heterocycles. The van der Waals surface area contributed by atoms with E-state index in [2.05, 4.69) is 0 Å². The van der Waals surface area contributed by atoms with Crippen molar-refractivity contribution in [2.75, 3.05) is 34.2 Å². The molecular weight excluding hydrogens is 351 g/mol. The summed E-state index contributed by atoms with van der Waals surface area (Å²) in [6.07, 6.45) is 2.36. The molecule has 1 unspecified atom stereocenters. The summed E-state index contributed by atoms with van der Waals surface area (Å²) in [6.45, 7) is 1.96. The van der Waals surface area contributed by atoms with E-state index >= 15 is 0 Å². The van der Waals surface area contributed by atoms with Gasteiger partial charge in [0.25, 0.3) is 0 Å². The summed E-state index contributed by atoms with van der Waals surface area (Å²) in [5.41, 5.74) is 6.27. The monoisotopic (exact) mass is 384 g/mol. The summed E-state index contributed by atoms with van der Waals surface area (Å²) in [4.78, 5) is 41.9. The van der Waals surface area contributed by atoms with Crippen LogP contribution in [0.5, 0.6) is 0 Å². The van der Waals surface area contributed by atoms with Gasteiger partial charge in [-0.3, -0.25) is 14.4 Å². The molecule has 1 saturated heterocycles. The van der Waals surface area contributed by atoms with Gasteiger partial charge < -0.3 is 20.4 Å². The lowest BCUT2D eigenvalue weighted by molar-refractivity contribution is -0.143. The molecule has 1 aliphatic carbocycles. The zero-order valence-corrected chi connectivity index (χ0v) is 16.9. The fourth-order valence-electron chi connectivity index (χ4n) is 4.33. The van der Waals surface area contributed by atoms with Crippen LogP contribution in [0.2, 0.25) is 0 Å². The molecule has 7 nitrogen and oxygen atoms in total. The molecule has 2 fully saturated rings. The zero-order valence-electron chi connectivity index (χ0n) is 16.9. The molecule has 0 aromatic rings. The number of rotatable bonds is 5. The third kappa shape index (κ3) is 4.97. The topological polar surface area (TPSA) is 87.0 Å². The fourth-order valence-corrected chi connectivity index (χ4v) is 4.33. The van der Waals surface area contributed by atoms with Gasteiger partial charge in [0.15, 0.2) is 0 Å². The highest BCUT2D eigenvalue weighted by Crippen LogP contribution is 2.35. The molecule has 1 aliphatic heterocycles. The summed E-state index contributed by atoms with van der Waals surface area (Å²) in [7, 11) is 5.12. The van der Waals surface area contributed by atoms with E-state index in [9.17, 15) is 18.8 Å². The number of nitrogens with zero attached hydrogens (tertiary/aromatic N) is 3. The Bertz CT molecular complexity index is 563. The van der Waals surface area contributed by atoms with E-state index in [1.54, 1.807) is 33.0 Å². The highest BCUT2D eigenvalue weighted by molar-refractivity contribution is 5.90. The number of halogens is 1. The Balaban J connectivity index is 2.10. The van der Waals surface area contributed by atoms with Gasteiger partial charge in [-0.05, 0) is 38.0 Å². The Morgan fingerprint density at radius 2 is 1.67 bits per heavy atom. The lowest BCUT2D eigenvalue weighted by atomic mass is 9.74. The van der Waals surface area contributed by atoms with Crippen LogP contribution in [0.15, 0.2) is 0 Å². The summed E-state index contributed by atoms with van der Waals surface area (Å²) in [5, 5.41) is 0. The average molecular weight is 384 g/mol. The van der Waals surface area contributed by atoms with Gasteiger partial charge in [-0.25, -0.2) is 4.39 Å². The quantitative estimate of drug-likeness (QED) is 0.753. The Morgan fingerprint density at radius 3 is 2.11 bits per heavy atom. The molecule has 0 bridgehead atoms. The van der Waals surface area contributed by atoms with E-state index in [1.807, 2.05) is 0 Å². The van der Waals surface area contributed by atoms with Gasteiger partial charge in [-0.1, -0.05) is 0 Å². The zero-order chi connectivity index (χ0) is 20.3. The molecule has 2 rings (SSSR count). The van der Waals surface area contributed by atoms with Crippen LogP contribution >= 0.6 is 0 Å². The lowest BCUT2D eigenvalue weighted by Crippen LogP contribution is -2.54. The summed E-state index contributed by atoms with van der Waals surface area (Å²) in [5.74, 6) is -1.09. The second-order valence-corrected chi connectivity index (χ2v) is 8.15. The van der Waals surface area contributed by atoms with Crippen LogP contribution < -0.4 is 5.73 Å². The van der Waals surface area contributed by atoms with Gasteiger partial charge in [0.1, 0.15) is 6.17 Å². The molecule has 3 amide bonds. The van der Waals surface area contributed by atoms with Crippen LogP contribution in [0.25, 0.3) is 0 Å². The van der Waals surface area contributed by atoms with Crippen molar-refractivity contribution < 1.29 is 18.8 Å². The molecule has 0 radical (unpaired) electrons. The third-order valence-electron chi connectivity index (χ3n) is 6.13. The predicted octanol–water partition coefficient (Wildman–Crippen LogP) is 0.626. The minimum absolute atomic E-state index is 0.0146. The molecule has 0 aromatic carbocycles. The number of nitrogens with two attached hydrogens (primary N) is 1. The second-order valence-electron chi connectivity index (χ2n) is 8.15. The first-order valence-corrected chi connectivity index (χ1v) is 9.76. The number of likely N-dealkylation sites (tertiary alicyclic amines) is 1. The molecule has 8 heteroatoms. The van der Waals surface area contributed by atoms with Crippen molar-refractivity contribution in [2.24, 2.45) is 17.6 Å². The summed E-state index contributed by atoms with van der Waals surface area (Å²) in [6, 6.07) is -0.802. The smallest absolute Gasteiger partial charge is 0.240 e. The van der Waals surface area contributed by atoms with Crippen molar-refractivity contribution in [1.82, 2.24) is 14.7 Å². The highest BCUT2D eigenvalue weighted by atomic mass is 19.1. The Hall–Kier alpha value is -1.70. The molecular formula is C19H33FN4O3. The first-order chi connectivity index (χ1) is 12.6. The minimum Gasteiger partial charge on any atom is -0.349 e. The average Bonchev–Trinajstić information content (AvgIpc) is 3.07. The first-order valence-electron chi connectivity index (χ1n) is 9.76. The van der Waals surface area contributed by atoms with Crippen molar-refractivity contribution in [3.63, 3.8) is 0 Å². The molecule has 1 heterocycles. The number of amides is 3. The standard InChI is InChI=1S/C19H33FN4O3/c1-12(25)23(4)15-7-5-13(6-8-15)16(18(26)22(2)3)17(21)19(27)24-10-9-14(20)11-24/h13-17H,5-11,21H2,1-4H3/t13?,14-,15?,16-,17?/m0/s1. The van der Waals surface area contributed by atoms with E-state index in [1.165, 1.54) is 9.80 Å². The van der Waals surface area contributed by atoms with Crippen LogP contribution in [0.4, 0.5) is 4.39 Å². The number of hydrogen-bond donors (Lipinski definition) is 1. The maximum Gasteiger partial charge on any atom is 0.240 e. The number of hydrogen-bond acceptors (Lipinski definition) is 4. The van der Waals surface area contributed by atoms with Crippen LogP contribution in [-0.4, -0.2) is 84.9 Å². The first kappa shape index (κ1) is 21.6. The van der Waals surface area contributed by atoms with Crippen LogP contribution in [0, 0.1) is 11.8 Å². The van der Waals surface area contributed by atoms with E-state index in [0.717, 1.165) is 25.7 Å². The Morgan fingerprint density at radius 1 is 1.07 bits per heavy atom. The lowest BCUT2D eigenvalue weighted by Gasteiger charge is -2.39. The number of carbonyl (C=O) groups excluding carboxylic acids is 3.